The topological polar surface area (TPSA) is 75.7 Å². The molecule has 0 saturated carbocycles. The fraction of sp³-hybridized carbons (Fsp3) is 0.381. The average Bonchev–Trinajstić information content (AvgIpc) is 2.71. The van der Waals surface area contributed by atoms with E-state index in [1.54, 1.807) is 12.1 Å². The first-order valence-corrected chi connectivity index (χ1v) is 11.1. The van der Waals surface area contributed by atoms with Crippen molar-refractivity contribution in [1.82, 2.24) is 9.62 Å². The molecule has 1 fully saturated rings. The van der Waals surface area contributed by atoms with Crippen molar-refractivity contribution in [2.45, 2.75) is 24.7 Å². The number of piperidine rings is 1. The Hall–Kier alpha value is -2.45. The van der Waals surface area contributed by atoms with Gasteiger partial charge in [-0.3, -0.25) is 4.79 Å². The molecular weight excluding hydrogens is 395 g/mol. The molecule has 0 bridgehead atoms. The van der Waals surface area contributed by atoms with Gasteiger partial charge in [0.25, 0.3) is 5.91 Å². The Labute approximate surface area is 170 Å². The van der Waals surface area contributed by atoms with Crippen LogP contribution in [0.2, 0.25) is 0 Å². The van der Waals surface area contributed by atoms with Crippen LogP contribution in [0.1, 0.15) is 30.1 Å². The molecule has 1 heterocycles. The number of rotatable bonds is 7. The van der Waals surface area contributed by atoms with Gasteiger partial charge < -0.3 is 10.1 Å². The van der Waals surface area contributed by atoms with Crippen LogP contribution >= 0.6 is 0 Å². The van der Waals surface area contributed by atoms with Gasteiger partial charge in [0.2, 0.25) is 10.0 Å². The van der Waals surface area contributed by atoms with E-state index in [2.05, 4.69) is 12.2 Å². The number of nitrogens with one attached hydrogen (secondary N) is 1. The highest BCUT2D eigenvalue weighted by molar-refractivity contribution is 7.89. The summed E-state index contributed by atoms with van der Waals surface area (Å²) >= 11 is 0. The van der Waals surface area contributed by atoms with E-state index < -0.39 is 10.0 Å². The molecule has 0 unspecified atom stereocenters. The van der Waals surface area contributed by atoms with Crippen molar-refractivity contribution < 1.29 is 22.3 Å². The normalized spacial score (nSPS) is 15.8. The first-order valence-electron chi connectivity index (χ1n) is 9.63. The van der Waals surface area contributed by atoms with E-state index in [1.165, 1.54) is 40.7 Å². The summed E-state index contributed by atoms with van der Waals surface area (Å²) in [5.74, 6) is 0.211. The van der Waals surface area contributed by atoms with E-state index in [1.807, 2.05) is 0 Å². The van der Waals surface area contributed by atoms with Crippen LogP contribution in [0.3, 0.4) is 0 Å². The lowest BCUT2D eigenvalue weighted by molar-refractivity contribution is 0.0947. The van der Waals surface area contributed by atoms with Crippen LogP contribution in [0, 0.1) is 11.7 Å². The minimum atomic E-state index is -3.53. The Kier molecular flexibility index (Phi) is 6.87. The summed E-state index contributed by atoms with van der Waals surface area (Å²) in [5.41, 5.74) is 0.363. The van der Waals surface area contributed by atoms with Crippen LogP contribution in [0.5, 0.6) is 5.75 Å². The summed E-state index contributed by atoms with van der Waals surface area (Å²) in [5, 5.41) is 2.69. The molecular formula is C21H25FN2O4S. The molecule has 2 aromatic rings. The second kappa shape index (κ2) is 9.37. The minimum absolute atomic E-state index is 0.190. The van der Waals surface area contributed by atoms with Gasteiger partial charge >= 0.3 is 0 Å². The molecule has 6 nitrogen and oxygen atoms in total. The predicted octanol–water partition coefficient (Wildman–Crippen LogP) is 3.06. The molecule has 2 aromatic carbocycles. The molecule has 29 heavy (non-hydrogen) atoms. The third-order valence-corrected chi connectivity index (χ3v) is 6.86. The number of carbonyl (C=O) groups excluding carboxylic acids is 1. The molecule has 8 heteroatoms. The van der Waals surface area contributed by atoms with Crippen LogP contribution in [0.15, 0.2) is 53.4 Å². The zero-order valence-corrected chi connectivity index (χ0v) is 17.1. The number of halogens is 1. The maximum absolute atomic E-state index is 13.1. The second-order valence-corrected chi connectivity index (χ2v) is 9.11. The van der Waals surface area contributed by atoms with Gasteiger partial charge in [0.15, 0.2) is 0 Å². The maximum atomic E-state index is 13.1. The standard InChI is InChI=1S/C21H25FN2O4S/c1-16-9-12-24(13-10-16)29(26,27)20-7-5-17(6-8-20)21(25)23-11-14-28-19-4-2-3-18(22)15-19/h2-8,15-16H,9-14H2,1H3,(H,23,25). The highest BCUT2D eigenvalue weighted by Crippen LogP contribution is 2.23. The number of carbonyl (C=O) groups is 1. The molecule has 0 aromatic heterocycles. The molecule has 1 aliphatic heterocycles. The molecule has 0 atom stereocenters. The Morgan fingerprint density at radius 1 is 1.17 bits per heavy atom. The molecule has 1 saturated heterocycles. The van der Waals surface area contributed by atoms with Gasteiger partial charge in [0.1, 0.15) is 18.2 Å². The van der Waals surface area contributed by atoms with Crippen molar-refractivity contribution in [1.29, 1.82) is 0 Å². The Morgan fingerprint density at radius 2 is 1.86 bits per heavy atom. The number of hydrogen-bond acceptors (Lipinski definition) is 4. The van der Waals surface area contributed by atoms with Crippen LogP contribution in [-0.2, 0) is 10.0 Å². The van der Waals surface area contributed by atoms with Gasteiger partial charge in [-0.05, 0) is 55.2 Å². The first-order chi connectivity index (χ1) is 13.9. The minimum Gasteiger partial charge on any atom is -0.492 e. The van der Waals surface area contributed by atoms with Crippen LogP contribution in [0.25, 0.3) is 0 Å². The summed E-state index contributed by atoms with van der Waals surface area (Å²) < 4.78 is 45.4. The van der Waals surface area contributed by atoms with Gasteiger partial charge in [-0.2, -0.15) is 4.31 Å². The van der Waals surface area contributed by atoms with Crippen molar-refractivity contribution >= 4 is 15.9 Å². The van der Waals surface area contributed by atoms with Crippen LogP contribution in [-0.4, -0.2) is 44.9 Å². The third-order valence-electron chi connectivity index (χ3n) is 4.95. The van der Waals surface area contributed by atoms with E-state index in [0.717, 1.165) is 12.8 Å². The van der Waals surface area contributed by atoms with Gasteiger partial charge in [0, 0.05) is 24.7 Å². The third kappa shape index (κ3) is 5.55. The number of benzene rings is 2. The number of ether oxygens (including phenoxy) is 1. The monoisotopic (exact) mass is 420 g/mol. The number of amides is 1. The summed E-state index contributed by atoms with van der Waals surface area (Å²) in [4.78, 5) is 12.4. The number of hydrogen-bond donors (Lipinski definition) is 1. The lowest BCUT2D eigenvalue weighted by atomic mass is 10.0. The fourth-order valence-electron chi connectivity index (χ4n) is 3.14. The molecule has 1 aliphatic rings. The average molecular weight is 421 g/mol. The highest BCUT2D eigenvalue weighted by atomic mass is 32.2. The Balaban J connectivity index is 1.52. The summed E-state index contributed by atoms with van der Waals surface area (Å²) in [6, 6.07) is 11.7. The highest BCUT2D eigenvalue weighted by Gasteiger charge is 2.28. The summed E-state index contributed by atoms with van der Waals surface area (Å²) in [6.07, 6.45) is 1.72. The van der Waals surface area contributed by atoms with E-state index in [0.29, 0.717) is 30.3 Å². The number of nitrogens with zero attached hydrogens (tertiary/aromatic N) is 1. The smallest absolute Gasteiger partial charge is 0.251 e. The van der Waals surface area contributed by atoms with Gasteiger partial charge in [-0.1, -0.05) is 13.0 Å². The zero-order chi connectivity index (χ0) is 20.9. The van der Waals surface area contributed by atoms with Gasteiger partial charge in [-0.15, -0.1) is 0 Å². The van der Waals surface area contributed by atoms with E-state index in [9.17, 15) is 17.6 Å². The summed E-state index contributed by atoms with van der Waals surface area (Å²) in [7, 11) is -3.53. The molecule has 156 valence electrons. The summed E-state index contributed by atoms with van der Waals surface area (Å²) in [6.45, 7) is 3.60. The molecule has 0 radical (unpaired) electrons. The van der Waals surface area contributed by atoms with Crippen molar-refractivity contribution in [2.75, 3.05) is 26.2 Å². The molecule has 3 rings (SSSR count). The SMILES string of the molecule is CC1CCN(S(=O)(=O)c2ccc(C(=O)NCCOc3cccc(F)c3)cc2)CC1. The van der Waals surface area contributed by atoms with Crippen LogP contribution < -0.4 is 10.1 Å². The van der Waals surface area contributed by atoms with Crippen molar-refractivity contribution in [3.63, 3.8) is 0 Å². The van der Waals surface area contributed by atoms with Gasteiger partial charge in [0.05, 0.1) is 11.4 Å². The lowest BCUT2D eigenvalue weighted by Crippen LogP contribution is -2.37. The second-order valence-electron chi connectivity index (χ2n) is 7.17. The Morgan fingerprint density at radius 3 is 2.52 bits per heavy atom. The van der Waals surface area contributed by atoms with E-state index in [-0.39, 0.29) is 29.8 Å². The first kappa shape index (κ1) is 21.3. The fourth-order valence-corrected chi connectivity index (χ4v) is 4.61. The maximum Gasteiger partial charge on any atom is 0.251 e. The van der Waals surface area contributed by atoms with Crippen molar-refractivity contribution in [3.8, 4) is 5.75 Å². The zero-order valence-electron chi connectivity index (χ0n) is 16.3. The largest absolute Gasteiger partial charge is 0.492 e. The number of sulfonamides is 1. The molecule has 1 amide bonds. The Bertz CT molecular complexity index is 939. The molecule has 0 aliphatic carbocycles. The predicted molar refractivity (Wildman–Crippen MR) is 108 cm³/mol. The van der Waals surface area contributed by atoms with Crippen molar-refractivity contribution in [3.05, 3.63) is 59.9 Å². The van der Waals surface area contributed by atoms with Crippen molar-refractivity contribution in [2.24, 2.45) is 5.92 Å². The van der Waals surface area contributed by atoms with E-state index in [4.69, 9.17) is 4.74 Å². The van der Waals surface area contributed by atoms with Gasteiger partial charge in [-0.25, -0.2) is 12.8 Å². The molecule has 0 spiro atoms. The van der Waals surface area contributed by atoms with Crippen LogP contribution in [0.4, 0.5) is 4.39 Å². The van der Waals surface area contributed by atoms with E-state index >= 15 is 0 Å². The lowest BCUT2D eigenvalue weighted by Gasteiger charge is -2.29. The quantitative estimate of drug-likeness (QED) is 0.699. The molecule has 1 N–H and O–H groups in total.